The molecule has 33 heavy (non-hydrogen) atoms. The van der Waals surface area contributed by atoms with Crippen LogP contribution in [0.3, 0.4) is 0 Å². The first-order valence-corrected chi connectivity index (χ1v) is 12.6. The number of anilines is 1. The summed E-state index contributed by atoms with van der Waals surface area (Å²) in [6.45, 7) is 6.29. The molecule has 7 nitrogen and oxygen atoms in total. The average molecular weight is 468 g/mol. The lowest BCUT2D eigenvalue weighted by atomic mass is 9.96. The summed E-state index contributed by atoms with van der Waals surface area (Å²) in [7, 11) is -3.70. The highest BCUT2D eigenvalue weighted by Gasteiger charge is 2.36. The molecular formula is C25H29N3O4S. The van der Waals surface area contributed by atoms with Crippen molar-refractivity contribution in [3.05, 3.63) is 77.2 Å². The van der Waals surface area contributed by atoms with Crippen LogP contribution in [0.25, 0.3) is 0 Å². The molecule has 0 aliphatic carbocycles. The Morgan fingerprint density at radius 3 is 2.24 bits per heavy atom. The van der Waals surface area contributed by atoms with Gasteiger partial charge in [0.05, 0.1) is 6.54 Å². The number of hydrogen-bond donors (Lipinski definition) is 0. The van der Waals surface area contributed by atoms with E-state index in [0.717, 1.165) is 16.8 Å². The second kappa shape index (κ2) is 9.49. The molecule has 1 aromatic heterocycles. The predicted octanol–water partition coefficient (Wildman–Crippen LogP) is 4.23. The van der Waals surface area contributed by atoms with E-state index in [-0.39, 0.29) is 29.8 Å². The second-order valence-corrected chi connectivity index (χ2v) is 10.5. The molecule has 0 radical (unpaired) electrons. The number of aromatic nitrogens is 1. The predicted molar refractivity (Wildman–Crippen MR) is 126 cm³/mol. The zero-order valence-corrected chi connectivity index (χ0v) is 20.0. The Morgan fingerprint density at radius 1 is 1.03 bits per heavy atom. The quantitative estimate of drug-likeness (QED) is 0.542. The van der Waals surface area contributed by atoms with Crippen molar-refractivity contribution in [1.29, 1.82) is 0 Å². The van der Waals surface area contributed by atoms with Gasteiger partial charge in [-0.05, 0) is 51.3 Å². The minimum atomic E-state index is -3.70. The van der Waals surface area contributed by atoms with Crippen molar-refractivity contribution in [2.75, 3.05) is 18.0 Å². The minimum absolute atomic E-state index is 0.0251. The molecule has 0 N–H and O–H groups in total. The van der Waals surface area contributed by atoms with E-state index in [4.69, 9.17) is 4.52 Å². The Bertz CT molecular complexity index is 1190. The van der Waals surface area contributed by atoms with Crippen molar-refractivity contribution in [1.82, 2.24) is 9.46 Å². The van der Waals surface area contributed by atoms with Crippen LogP contribution in [-0.2, 0) is 21.4 Å². The van der Waals surface area contributed by atoms with Gasteiger partial charge in [0.15, 0.2) is 5.76 Å². The summed E-state index contributed by atoms with van der Waals surface area (Å²) in [5.74, 6) is 0.0716. The first-order valence-electron chi connectivity index (χ1n) is 11.1. The zero-order chi connectivity index (χ0) is 23.6. The standard InChI is InChI=1S/C25H29N3O4S/c1-18-9-11-23(12-10-18)28(17-21-7-5-4-6-8-21)25(29)22-13-15-27(16-14-22)33(30,31)24-19(2)26-32-20(24)3/h4-12,22H,13-17H2,1-3H3. The van der Waals surface area contributed by atoms with Crippen molar-refractivity contribution in [2.24, 2.45) is 5.92 Å². The smallest absolute Gasteiger partial charge is 0.248 e. The molecule has 3 aromatic rings. The summed E-state index contributed by atoms with van der Waals surface area (Å²) in [5.41, 5.74) is 3.38. The van der Waals surface area contributed by atoms with Gasteiger partial charge < -0.3 is 9.42 Å². The van der Waals surface area contributed by atoms with Gasteiger partial charge in [0.25, 0.3) is 0 Å². The van der Waals surface area contributed by atoms with Crippen LogP contribution < -0.4 is 4.90 Å². The number of nitrogens with zero attached hydrogens (tertiary/aromatic N) is 3. The molecule has 174 valence electrons. The third kappa shape index (κ3) is 4.86. The summed E-state index contributed by atoms with van der Waals surface area (Å²) in [6, 6.07) is 17.8. The van der Waals surface area contributed by atoms with Crippen LogP contribution in [0.1, 0.15) is 35.4 Å². The lowest BCUT2D eigenvalue weighted by molar-refractivity contribution is -0.123. The third-order valence-corrected chi connectivity index (χ3v) is 8.31. The lowest BCUT2D eigenvalue weighted by Crippen LogP contribution is -2.44. The number of carbonyl (C=O) groups excluding carboxylic acids is 1. The summed E-state index contributed by atoms with van der Waals surface area (Å²) < 4.78 is 32.8. The van der Waals surface area contributed by atoms with Gasteiger partial charge in [-0.3, -0.25) is 4.79 Å². The van der Waals surface area contributed by atoms with Crippen LogP contribution in [0.5, 0.6) is 0 Å². The number of piperidine rings is 1. The molecule has 0 bridgehead atoms. The van der Waals surface area contributed by atoms with Gasteiger partial charge in [-0.1, -0.05) is 53.2 Å². The Hall–Kier alpha value is -2.97. The van der Waals surface area contributed by atoms with Crippen LogP contribution >= 0.6 is 0 Å². The number of sulfonamides is 1. The first kappa shape index (κ1) is 23.2. The highest BCUT2D eigenvalue weighted by atomic mass is 32.2. The number of rotatable bonds is 6. The zero-order valence-electron chi connectivity index (χ0n) is 19.2. The SMILES string of the molecule is Cc1ccc(N(Cc2ccccc2)C(=O)C2CCN(S(=O)(=O)c3c(C)noc3C)CC2)cc1. The summed E-state index contributed by atoms with van der Waals surface area (Å²) in [6.07, 6.45) is 0.942. The monoisotopic (exact) mass is 467 g/mol. The molecule has 2 aromatic carbocycles. The van der Waals surface area contributed by atoms with Crippen LogP contribution in [0.2, 0.25) is 0 Å². The Balaban J connectivity index is 1.52. The van der Waals surface area contributed by atoms with E-state index in [1.54, 1.807) is 13.8 Å². The number of carbonyl (C=O) groups is 1. The van der Waals surface area contributed by atoms with E-state index in [0.29, 0.717) is 30.8 Å². The number of aryl methyl sites for hydroxylation is 3. The largest absolute Gasteiger partial charge is 0.360 e. The van der Waals surface area contributed by atoms with Gasteiger partial charge >= 0.3 is 0 Å². The maximum Gasteiger partial charge on any atom is 0.248 e. The lowest BCUT2D eigenvalue weighted by Gasteiger charge is -2.34. The van der Waals surface area contributed by atoms with Crippen molar-refractivity contribution >= 4 is 21.6 Å². The molecule has 1 amide bonds. The van der Waals surface area contributed by atoms with Crippen LogP contribution in [0.4, 0.5) is 5.69 Å². The maximum atomic E-state index is 13.6. The molecule has 1 aliphatic rings. The molecule has 8 heteroatoms. The minimum Gasteiger partial charge on any atom is -0.360 e. The molecule has 1 aliphatic heterocycles. The Morgan fingerprint density at radius 2 is 1.67 bits per heavy atom. The Labute approximate surface area is 195 Å². The van der Waals surface area contributed by atoms with E-state index in [2.05, 4.69) is 5.16 Å². The van der Waals surface area contributed by atoms with Crippen LogP contribution in [0.15, 0.2) is 64.0 Å². The molecule has 0 atom stereocenters. The van der Waals surface area contributed by atoms with Crippen molar-refractivity contribution in [3.63, 3.8) is 0 Å². The van der Waals surface area contributed by atoms with Crippen LogP contribution in [0, 0.1) is 26.7 Å². The second-order valence-electron chi connectivity index (χ2n) is 8.58. The van der Waals surface area contributed by atoms with Crippen molar-refractivity contribution < 1.29 is 17.7 Å². The molecule has 1 saturated heterocycles. The normalized spacial score (nSPS) is 15.5. The van der Waals surface area contributed by atoms with E-state index < -0.39 is 10.0 Å². The van der Waals surface area contributed by atoms with E-state index >= 15 is 0 Å². The third-order valence-electron chi connectivity index (χ3n) is 6.16. The summed E-state index contributed by atoms with van der Waals surface area (Å²) in [5, 5.41) is 3.78. The summed E-state index contributed by atoms with van der Waals surface area (Å²) in [4.78, 5) is 15.6. The molecule has 0 spiro atoms. The van der Waals surface area contributed by atoms with Gasteiger partial charge in [0.1, 0.15) is 10.6 Å². The number of hydrogen-bond acceptors (Lipinski definition) is 5. The fraction of sp³-hybridized carbons (Fsp3) is 0.360. The molecule has 4 rings (SSSR count). The highest BCUT2D eigenvalue weighted by molar-refractivity contribution is 7.89. The maximum absolute atomic E-state index is 13.6. The molecule has 1 fully saturated rings. The summed E-state index contributed by atoms with van der Waals surface area (Å²) >= 11 is 0. The van der Waals surface area contributed by atoms with Gasteiger partial charge in [-0.25, -0.2) is 8.42 Å². The topological polar surface area (TPSA) is 83.7 Å². The highest BCUT2D eigenvalue weighted by Crippen LogP contribution is 2.30. The van der Waals surface area contributed by atoms with Crippen LogP contribution in [-0.4, -0.2) is 36.9 Å². The van der Waals surface area contributed by atoms with Gasteiger partial charge in [0.2, 0.25) is 15.9 Å². The fourth-order valence-corrected chi connectivity index (χ4v) is 6.08. The molecule has 2 heterocycles. The van der Waals surface area contributed by atoms with Gasteiger partial charge in [0, 0.05) is 24.7 Å². The fourth-order valence-electron chi connectivity index (χ4n) is 4.32. The van der Waals surface area contributed by atoms with E-state index in [1.807, 2.05) is 66.4 Å². The first-order chi connectivity index (χ1) is 15.8. The molecular weight excluding hydrogens is 438 g/mol. The number of benzene rings is 2. The van der Waals surface area contributed by atoms with Crippen molar-refractivity contribution in [3.8, 4) is 0 Å². The van der Waals surface area contributed by atoms with Gasteiger partial charge in [-0.15, -0.1) is 0 Å². The molecule has 0 unspecified atom stereocenters. The van der Waals surface area contributed by atoms with Gasteiger partial charge in [-0.2, -0.15) is 4.31 Å². The average Bonchev–Trinajstić information content (AvgIpc) is 3.17. The number of amides is 1. The molecule has 0 saturated carbocycles. The Kier molecular flexibility index (Phi) is 6.67. The van der Waals surface area contributed by atoms with E-state index in [9.17, 15) is 13.2 Å². The van der Waals surface area contributed by atoms with E-state index in [1.165, 1.54) is 4.31 Å². The van der Waals surface area contributed by atoms with Crippen molar-refractivity contribution in [2.45, 2.75) is 45.1 Å².